The minimum absolute atomic E-state index is 0.0264. The average Bonchev–Trinajstić information content (AvgIpc) is 2.83. The Kier molecular flexibility index (Phi) is 5.42. The number of hydrogen-bond acceptors (Lipinski definition) is 4. The summed E-state index contributed by atoms with van der Waals surface area (Å²) < 4.78 is 39.1. The lowest BCUT2D eigenvalue weighted by molar-refractivity contribution is -0.137. The van der Waals surface area contributed by atoms with Gasteiger partial charge in [-0.3, -0.25) is 9.59 Å². The fourth-order valence-corrected chi connectivity index (χ4v) is 4.96. The smallest absolute Gasteiger partial charge is 0.368 e. The molecule has 2 fully saturated rings. The lowest BCUT2D eigenvalue weighted by atomic mass is 9.96. The first-order chi connectivity index (χ1) is 15.8. The average molecular weight is 458 g/mol. The Labute approximate surface area is 189 Å². The normalized spacial score (nSPS) is 20.8. The summed E-state index contributed by atoms with van der Waals surface area (Å²) in [4.78, 5) is 31.3. The third-order valence-corrected chi connectivity index (χ3v) is 6.72. The minimum Gasteiger partial charge on any atom is -0.368 e. The molecule has 1 N–H and O–H groups in total. The minimum atomic E-state index is -4.39. The molecule has 0 unspecified atom stereocenters. The maximum atomic E-state index is 13.1. The molecule has 2 aromatic rings. The largest absolute Gasteiger partial charge is 0.416 e. The lowest BCUT2D eigenvalue weighted by Gasteiger charge is -2.41. The maximum Gasteiger partial charge on any atom is 0.416 e. The highest BCUT2D eigenvalue weighted by atomic mass is 19.4. The fourth-order valence-electron chi connectivity index (χ4n) is 4.96. The van der Waals surface area contributed by atoms with Crippen LogP contribution in [0.3, 0.4) is 0 Å². The zero-order valence-electron chi connectivity index (χ0n) is 18.1. The van der Waals surface area contributed by atoms with Crippen LogP contribution < -0.4 is 15.1 Å². The van der Waals surface area contributed by atoms with Crippen molar-refractivity contribution >= 4 is 28.9 Å². The predicted molar refractivity (Wildman–Crippen MR) is 120 cm³/mol. The van der Waals surface area contributed by atoms with E-state index in [0.717, 1.165) is 43.6 Å². The van der Waals surface area contributed by atoms with Crippen LogP contribution in [0.1, 0.15) is 35.2 Å². The zero-order valence-corrected chi connectivity index (χ0v) is 18.1. The summed E-state index contributed by atoms with van der Waals surface area (Å²) in [5.41, 5.74) is 1.93. The molecule has 2 aromatic carbocycles. The monoisotopic (exact) mass is 458 g/mol. The topological polar surface area (TPSA) is 55.9 Å². The second kappa shape index (κ2) is 8.28. The van der Waals surface area contributed by atoms with Gasteiger partial charge in [-0.15, -0.1) is 0 Å². The molecule has 0 saturated carbocycles. The number of piperazine rings is 1. The molecule has 3 heterocycles. The second-order valence-electron chi connectivity index (χ2n) is 8.75. The summed E-state index contributed by atoms with van der Waals surface area (Å²) in [5.74, 6) is -0.169. The Morgan fingerprint density at radius 1 is 0.970 bits per heavy atom. The van der Waals surface area contributed by atoms with Crippen molar-refractivity contribution in [3.05, 3.63) is 53.6 Å². The van der Waals surface area contributed by atoms with E-state index in [0.29, 0.717) is 43.1 Å². The molecule has 3 aliphatic heterocycles. The van der Waals surface area contributed by atoms with Gasteiger partial charge in [-0.05, 0) is 55.7 Å². The number of halogens is 3. The lowest BCUT2D eigenvalue weighted by Crippen LogP contribution is -2.50. The summed E-state index contributed by atoms with van der Waals surface area (Å²) in [5, 5.41) is 2.95. The first-order valence-electron chi connectivity index (χ1n) is 11.2. The summed E-state index contributed by atoms with van der Waals surface area (Å²) in [7, 11) is 0. The van der Waals surface area contributed by atoms with E-state index < -0.39 is 11.7 Å². The number of rotatable bonds is 2. The Balaban J connectivity index is 1.27. The van der Waals surface area contributed by atoms with Gasteiger partial charge in [0, 0.05) is 44.0 Å². The number of fused-ring (bicyclic) bond motifs is 3. The highest BCUT2D eigenvalue weighted by Crippen LogP contribution is 2.37. The molecular weight excluding hydrogens is 433 g/mol. The van der Waals surface area contributed by atoms with Crippen LogP contribution >= 0.6 is 0 Å². The van der Waals surface area contributed by atoms with Gasteiger partial charge in [0.2, 0.25) is 5.91 Å². The molecule has 2 amide bonds. The summed E-state index contributed by atoms with van der Waals surface area (Å²) in [6.07, 6.45) is -1.47. The van der Waals surface area contributed by atoms with E-state index in [1.807, 2.05) is 11.0 Å². The molecule has 0 radical (unpaired) electrons. The predicted octanol–water partition coefficient (Wildman–Crippen LogP) is 3.98. The number of carbonyl (C=O) groups is 2. The molecule has 0 spiro atoms. The van der Waals surface area contributed by atoms with Crippen molar-refractivity contribution in [3.8, 4) is 0 Å². The van der Waals surface area contributed by atoms with Crippen LogP contribution in [0.25, 0.3) is 0 Å². The SMILES string of the molecule is O=C1Nc2cc(C(=O)N3CCN(c4cccc(C(F)(F)F)c4)CC3)ccc2N2CCCC[C@H]12. The first-order valence-corrected chi connectivity index (χ1v) is 11.2. The number of nitrogens with one attached hydrogen (secondary N) is 1. The third kappa shape index (κ3) is 4.12. The van der Waals surface area contributed by atoms with Crippen LogP contribution in [0, 0.1) is 0 Å². The van der Waals surface area contributed by atoms with Gasteiger partial charge in [0.05, 0.1) is 16.9 Å². The molecule has 33 heavy (non-hydrogen) atoms. The molecule has 1 atom stereocenters. The number of benzene rings is 2. The van der Waals surface area contributed by atoms with Crippen molar-refractivity contribution in [1.82, 2.24) is 4.90 Å². The van der Waals surface area contributed by atoms with E-state index in [9.17, 15) is 22.8 Å². The fraction of sp³-hybridized carbons (Fsp3) is 0.417. The number of carbonyl (C=O) groups excluding carboxylic acids is 2. The highest BCUT2D eigenvalue weighted by molar-refractivity contribution is 6.05. The van der Waals surface area contributed by atoms with Gasteiger partial charge in [-0.25, -0.2) is 0 Å². The van der Waals surface area contributed by atoms with E-state index in [1.165, 1.54) is 6.07 Å². The Morgan fingerprint density at radius 3 is 2.52 bits per heavy atom. The van der Waals surface area contributed by atoms with Crippen molar-refractivity contribution in [1.29, 1.82) is 0 Å². The second-order valence-corrected chi connectivity index (χ2v) is 8.75. The van der Waals surface area contributed by atoms with Gasteiger partial charge in [-0.1, -0.05) is 6.07 Å². The molecule has 6 nitrogen and oxygen atoms in total. The quantitative estimate of drug-likeness (QED) is 0.740. The van der Waals surface area contributed by atoms with Crippen LogP contribution in [0.2, 0.25) is 0 Å². The highest BCUT2D eigenvalue weighted by Gasteiger charge is 2.35. The van der Waals surface area contributed by atoms with Crippen LogP contribution in [0.5, 0.6) is 0 Å². The van der Waals surface area contributed by atoms with Crippen molar-refractivity contribution in [3.63, 3.8) is 0 Å². The zero-order chi connectivity index (χ0) is 23.2. The van der Waals surface area contributed by atoms with Crippen LogP contribution in [0.4, 0.5) is 30.2 Å². The Hall–Kier alpha value is -3.23. The van der Waals surface area contributed by atoms with Crippen LogP contribution in [-0.4, -0.2) is 55.5 Å². The third-order valence-electron chi connectivity index (χ3n) is 6.72. The van der Waals surface area contributed by atoms with Gasteiger partial charge < -0.3 is 20.0 Å². The molecule has 5 rings (SSSR count). The molecule has 0 aliphatic carbocycles. The van der Waals surface area contributed by atoms with Crippen LogP contribution in [0.15, 0.2) is 42.5 Å². The summed E-state index contributed by atoms with van der Waals surface area (Å²) in [6, 6.07) is 10.6. The van der Waals surface area contributed by atoms with Gasteiger partial charge in [0.1, 0.15) is 6.04 Å². The molecule has 2 saturated heterocycles. The van der Waals surface area contributed by atoms with Crippen molar-refractivity contribution in [2.75, 3.05) is 47.8 Å². The van der Waals surface area contributed by atoms with Crippen molar-refractivity contribution in [2.24, 2.45) is 0 Å². The molecule has 174 valence electrons. The molecule has 9 heteroatoms. The van der Waals surface area contributed by atoms with Gasteiger partial charge >= 0.3 is 6.18 Å². The molecule has 0 aromatic heterocycles. The number of piperidine rings is 1. The number of amides is 2. The molecular formula is C24H25F3N4O2. The van der Waals surface area contributed by atoms with E-state index in [4.69, 9.17) is 0 Å². The Morgan fingerprint density at radius 2 is 1.76 bits per heavy atom. The van der Waals surface area contributed by atoms with E-state index >= 15 is 0 Å². The summed E-state index contributed by atoms with van der Waals surface area (Å²) >= 11 is 0. The van der Waals surface area contributed by atoms with Gasteiger partial charge in [0.25, 0.3) is 5.91 Å². The molecule has 3 aliphatic rings. The van der Waals surface area contributed by atoms with Crippen molar-refractivity contribution in [2.45, 2.75) is 31.5 Å². The summed E-state index contributed by atoms with van der Waals surface area (Å²) in [6.45, 7) is 2.55. The standard InChI is InChI=1S/C24H25F3N4O2/c25-24(26,27)17-4-3-5-18(15-17)29-10-12-30(13-11-29)23(33)16-7-8-20-19(14-16)28-22(32)21-6-1-2-9-31(20)21/h3-5,7-8,14-15,21H,1-2,6,9-13H2,(H,28,32)/t21-/m1/s1. The number of alkyl halides is 3. The van der Waals surface area contributed by atoms with E-state index in [-0.39, 0.29) is 17.9 Å². The van der Waals surface area contributed by atoms with Crippen molar-refractivity contribution < 1.29 is 22.8 Å². The van der Waals surface area contributed by atoms with E-state index in [1.54, 1.807) is 23.1 Å². The van der Waals surface area contributed by atoms with E-state index in [2.05, 4.69) is 10.2 Å². The number of hydrogen-bond donors (Lipinski definition) is 1. The maximum absolute atomic E-state index is 13.1. The number of nitrogens with zero attached hydrogens (tertiary/aromatic N) is 3. The van der Waals surface area contributed by atoms with Gasteiger partial charge in [0.15, 0.2) is 0 Å². The molecule has 0 bridgehead atoms. The Bertz CT molecular complexity index is 1080. The van der Waals surface area contributed by atoms with Gasteiger partial charge in [-0.2, -0.15) is 13.2 Å². The van der Waals surface area contributed by atoms with Crippen LogP contribution in [-0.2, 0) is 11.0 Å². The number of anilines is 3. The first kappa shape index (κ1) is 21.6.